The third-order valence-corrected chi connectivity index (χ3v) is 2.23. The third-order valence-electron chi connectivity index (χ3n) is 2.23. The van der Waals surface area contributed by atoms with Crippen molar-refractivity contribution in [3.05, 3.63) is 24.3 Å². The van der Waals surface area contributed by atoms with Crippen LogP contribution in [0.1, 0.15) is 19.8 Å². The molecule has 5 heteroatoms. The molecule has 96 valence electrons. The number of carbonyl (C=O) groups is 1. The Labute approximate surface area is 106 Å². The number of rotatable bonds is 6. The standard InChI is InChI=1S/C13H16N2O3/c1-10(16)2-7-13(17)15-11-3-5-12(6-4-11)18-9-8-14/h3-6,10,16H,2,7,9H2,1H3,(H,15,17). The van der Waals surface area contributed by atoms with Crippen LogP contribution in [0.3, 0.4) is 0 Å². The summed E-state index contributed by atoms with van der Waals surface area (Å²) in [4.78, 5) is 11.5. The van der Waals surface area contributed by atoms with Gasteiger partial charge in [-0.3, -0.25) is 4.79 Å². The van der Waals surface area contributed by atoms with E-state index in [0.29, 0.717) is 17.9 Å². The fourth-order valence-corrected chi connectivity index (χ4v) is 1.31. The molecule has 0 aliphatic rings. The lowest BCUT2D eigenvalue weighted by atomic mass is 10.2. The average molecular weight is 248 g/mol. The molecular weight excluding hydrogens is 232 g/mol. The minimum Gasteiger partial charge on any atom is -0.479 e. The maximum atomic E-state index is 11.5. The molecule has 0 aliphatic heterocycles. The van der Waals surface area contributed by atoms with Gasteiger partial charge in [0, 0.05) is 12.1 Å². The van der Waals surface area contributed by atoms with Crippen molar-refractivity contribution in [2.24, 2.45) is 0 Å². The molecule has 0 radical (unpaired) electrons. The topological polar surface area (TPSA) is 82.3 Å². The highest BCUT2D eigenvalue weighted by Crippen LogP contribution is 2.15. The van der Waals surface area contributed by atoms with Gasteiger partial charge in [-0.25, -0.2) is 0 Å². The van der Waals surface area contributed by atoms with E-state index in [1.807, 2.05) is 6.07 Å². The van der Waals surface area contributed by atoms with E-state index in [1.54, 1.807) is 31.2 Å². The van der Waals surface area contributed by atoms with Crippen molar-refractivity contribution in [1.29, 1.82) is 5.26 Å². The third kappa shape index (κ3) is 5.32. The second kappa shape index (κ2) is 7.30. The summed E-state index contributed by atoms with van der Waals surface area (Å²) in [5.41, 5.74) is 0.662. The maximum Gasteiger partial charge on any atom is 0.224 e. The molecule has 1 aromatic carbocycles. The average Bonchev–Trinajstić information content (AvgIpc) is 2.35. The van der Waals surface area contributed by atoms with E-state index in [2.05, 4.69) is 5.32 Å². The van der Waals surface area contributed by atoms with E-state index in [0.717, 1.165) is 0 Å². The van der Waals surface area contributed by atoms with Crippen molar-refractivity contribution in [1.82, 2.24) is 0 Å². The first kappa shape index (κ1) is 14.0. The quantitative estimate of drug-likeness (QED) is 0.802. The molecule has 0 heterocycles. The monoisotopic (exact) mass is 248 g/mol. The van der Waals surface area contributed by atoms with Gasteiger partial charge < -0.3 is 15.2 Å². The fourth-order valence-electron chi connectivity index (χ4n) is 1.31. The van der Waals surface area contributed by atoms with Gasteiger partial charge in [0.05, 0.1) is 6.10 Å². The molecule has 0 spiro atoms. The Balaban J connectivity index is 2.43. The van der Waals surface area contributed by atoms with Crippen LogP contribution >= 0.6 is 0 Å². The van der Waals surface area contributed by atoms with E-state index in [4.69, 9.17) is 15.1 Å². The van der Waals surface area contributed by atoms with Gasteiger partial charge >= 0.3 is 0 Å². The van der Waals surface area contributed by atoms with Gasteiger partial charge in [-0.1, -0.05) is 0 Å². The molecule has 1 rings (SSSR count). The molecule has 0 saturated heterocycles. The minimum absolute atomic E-state index is 0.0000935. The van der Waals surface area contributed by atoms with E-state index in [1.165, 1.54) is 0 Å². The molecule has 2 N–H and O–H groups in total. The van der Waals surface area contributed by atoms with Gasteiger partial charge in [-0.15, -0.1) is 0 Å². The smallest absolute Gasteiger partial charge is 0.224 e. The Morgan fingerprint density at radius 3 is 2.72 bits per heavy atom. The lowest BCUT2D eigenvalue weighted by Gasteiger charge is -2.07. The summed E-state index contributed by atoms with van der Waals surface area (Å²) < 4.78 is 5.09. The van der Waals surface area contributed by atoms with E-state index in [9.17, 15) is 4.79 Å². The van der Waals surface area contributed by atoms with Crippen LogP contribution in [0.5, 0.6) is 5.75 Å². The number of nitrogens with zero attached hydrogens (tertiary/aromatic N) is 1. The number of hydrogen-bond acceptors (Lipinski definition) is 4. The number of aliphatic hydroxyl groups is 1. The van der Waals surface area contributed by atoms with Crippen LogP contribution in [0.25, 0.3) is 0 Å². The number of ether oxygens (including phenoxy) is 1. The molecule has 1 atom stereocenters. The summed E-state index contributed by atoms with van der Waals surface area (Å²) in [7, 11) is 0. The van der Waals surface area contributed by atoms with E-state index < -0.39 is 6.10 Å². The summed E-state index contributed by atoms with van der Waals surface area (Å²) in [6.07, 6.45) is 0.247. The van der Waals surface area contributed by atoms with Gasteiger partial charge in [0.15, 0.2) is 6.61 Å². The van der Waals surface area contributed by atoms with Gasteiger partial charge in [0.25, 0.3) is 0 Å². The molecule has 0 bridgehead atoms. The summed E-state index contributed by atoms with van der Waals surface area (Å²) >= 11 is 0. The normalized spacial score (nSPS) is 11.4. The van der Waals surface area contributed by atoms with Crippen LogP contribution in [0.15, 0.2) is 24.3 Å². The van der Waals surface area contributed by atoms with Crippen molar-refractivity contribution < 1.29 is 14.6 Å². The lowest BCUT2D eigenvalue weighted by Crippen LogP contribution is -2.13. The second-order valence-electron chi connectivity index (χ2n) is 3.91. The van der Waals surface area contributed by atoms with Crippen molar-refractivity contribution in [2.45, 2.75) is 25.9 Å². The Bertz CT molecular complexity index is 421. The molecule has 5 nitrogen and oxygen atoms in total. The predicted molar refractivity (Wildman–Crippen MR) is 67.1 cm³/mol. The van der Waals surface area contributed by atoms with Gasteiger partial charge in [0.1, 0.15) is 11.8 Å². The maximum absolute atomic E-state index is 11.5. The number of nitrogens with one attached hydrogen (secondary N) is 1. The van der Waals surface area contributed by atoms with Crippen molar-refractivity contribution in [3.63, 3.8) is 0 Å². The zero-order valence-corrected chi connectivity index (χ0v) is 10.2. The summed E-state index contributed by atoms with van der Waals surface area (Å²) in [5.74, 6) is 0.445. The Morgan fingerprint density at radius 1 is 1.50 bits per heavy atom. The molecule has 0 aromatic heterocycles. The Morgan fingerprint density at radius 2 is 2.17 bits per heavy atom. The van der Waals surface area contributed by atoms with Crippen LogP contribution in [0.4, 0.5) is 5.69 Å². The van der Waals surface area contributed by atoms with Crippen molar-refractivity contribution >= 4 is 11.6 Å². The van der Waals surface area contributed by atoms with Crippen molar-refractivity contribution in [3.8, 4) is 11.8 Å². The number of amides is 1. The minimum atomic E-state index is -0.475. The molecule has 18 heavy (non-hydrogen) atoms. The lowest BCUT2D eigenvalue weighted by molar-refractivity contribution is -0.116. The van der Waals surface area contributed by atoms with E-state index >= 15 is 0 Å². The highest BCUT2D eigenvalue weighted by atomic mass is 16.5. The van der Waals surface area contributed by atoms with Crippen LogP contribution in [0.2, 0.25) is 0 Å². The Hall–Kier alpha value is -2.06. The second-order valence-corrected chi connectivity index (χ2v) is 3.91. The first-order valence-electron chi connectivity index (χ1n) is 5.69. The number of hydrogen-bond donors (Lipinski definition) is 2. The predicted octanol–water partition coefficient (Wildman–Crippen LogP) is 1.69. The molecule has 1 aromatic rings. The number of anilines is 1. The summed E-state index contributed by atoms with van der Waals surface area (Å²) in [6, 6.07) is 8.64. The van der Waals surface area contributed by atoms with Crippen LogP contribution in [-0.2, 0) is 4.79 Å². The largest absolute Gasteiger partial charge is 0.479 e. The molecule has 0 saturated carbocycles. The first-order chi connectivity index (χ1) is 8.61. The summed E-state index contributed by atoms with van der Waals surface area (Å²) in [6.45, 7) is 1.65. The SMILES string of the molecule is CC(O)CCC(=O)Nc1ccc(OCC#N)cc1. The molecule has 1 unspecified atom stereocenters. The first-order valence-corrected chi connectivity index (χ1v) is 5.69. The summed E-state index contributed by atoms with van der Waals surface area (Å²) in [5, 5.41) is 20.1. The van der Waals surface area contributed by atoms with E-state index in [-0.39, 0.29) is 18.9 Å². The highest BCUT2D eigenvalue weighted by Gasteiger charge is 2.04. The highest BCUT2D eigenvalue weighted by molar-refractivity contribution is 5.90. The van der Waals surface area contributed by atoms with Gasteiger partial charge in [-0.2, -0.15) is 5.26 Å². The fraction of sp³-hybridized carbons (Fsp3) is 0.385. The Kier molecular flexibility index (Phi) is 5.68. The number of carbonyl (C=O) groups excluding carboxylic acids is 1. The number of aliphatic hydroxyl groups excluding tert-OH is 1. The van der Waals surface area contributed by atoms with Crippen LogP contribution in [-0.4, -0.2) is 23.7 Å². The molecule has 1 amide bonds. The zero-order chi connectivity index (χ0) is 13.4. The number of benzene rings is 1. The van der Waals surface area contributed by atoms with Gasteiger partial charge in [0.2, 0.25) is 5.91 Å². The number of nitriles is 1. The van der Waals surface area contributed by atoms with Crippen LogP contribution < -0.4 is 10.1 Å². The molecule has 0 fully saturated rings. The molecule has 0 aliphatic carbocycles. The zero-order valence-electron chi connectivity index (χ0n) is 10.2. The molecular formula is C13H16N2O3. The van der Waals surface area contributed by atoms with Crippen molar-refractivity contribution in [2.75, 3.05) is 11.9 Å². The van der Waals surface area contributed by atoms with Gasteiger partial charge in [-0.05, 0) is 37.6 Å². The van der Waals surface area contributed by atoms with Crippen LogP contribution in [0, 0.1) is 11.3 Å².